The molecule has 0 heterocycles. The van der Waals surface area contributed by atoms with E-state index in [1.165, 1.54) is 64.2 Å². The Morgan fingerprint density at radius 2 is 0.906 bits per heavy atom. The topological polar surface area (TPSA) is 37.4 Å². The molecule has 0 aliphatic carbocycles. The molecule has 0 rings (SSSR count). The molecule has 0 aromatic heterocycles. The monoisotopic (exact) mass is 463 g/mol. The van der Waals surface area contributed by atoms with Crippen LogP contribution >= 0.6 is 0 Å². The van der Waals surface area contributed by atoms with Gasteiger partial charge in [0.2, 0.25) is 5.91 Å². The summed E-state index contributed by atoms with van der Waals surface area (Å²) < 4.78 is 38.8. The van der Waals surface area contributed by atoms with Gasteiger partial charge in [0, 0.05) is 13.0 Å². The highest BCUT2D eigenvalue weighted by atomic mass is 19.4. The lowest BCUT2D eigenvalue weighted by molar-refractivity contribution is -0.187. The number of amides is 2. The highest BCUT2D eigenvalue weighted by molar-refractivity contribution is 5.97. The van der Waals surface area contributed by atoms with Crippen LogP contribution < -0.4 is 0 Å². The minimum absolute atomic E-state index is 0.0232. The Hall–Kier alpha value is -1.07. The minimum Gasteiger partial charge on any atom is -0.275 e. The van der Waals surface area contributed by atoms with E-state index in [-0.39, 0.29) is 13.0 Å². The summed E-state index contributed by atoms with van der Waals surface area (Å²) >= 11 is 0. The van der Waals surface area contributed by atoms with Crippen molar-refractivity contribution in [3.63, 3.8) is 0 Å². The van der Waals surface area contributed by atoms with Crippen molar-refractivity contribution < 1.29 is 22.8 Å². The molecule has 0 atom stereocenters. The van der Waals surface area contributed by atoms with Gasteiger partial charge in [-0.05, 0) is 12.8 Å². The van der Waals surface area contributed by atoms with Crippen molar-refractivity contribution in [1.82, 2.24) is 4.90 Å². The lowest BCUT2D eigenvalue weighted by Gasteiger charge is -2.22. The van der Waals surface area contributed by atoms with Crippen molar-refractivity contribution in [2.45, 2.75) is 148 Å². The molecule has 32 heavy (non-hydrogen) atoms. The van der Waals surface area contributed by atoms with E-state index in [1.807, 2.05) is 0 Å². The molecule has 0 saturated heterocycles. The van der Waals surface area contributed by atoms with Gasteiger partial charge in [0.25, 0.3) is 0 Å². The van der Waals surface area contributed by atoms with Gasteiger partial charge in [-0.2, -0.15) is 13.2 Å². The first-order valence-corrected chi connectivity index (χ1v) is 13.3. The summed E-state index contributed by atoms with van der Waals surface area (Å²) in [5, 5.41) is 0. The first-order valence-electron chi connectivity index (χ1n) is 13.3. The largest absolute Gasteiger partial charge is 0.471 e. The molecule has 0 N–H and O–H groups in total. The van der Waals surface area contributed by atoms with Crippen molar-refractivity contribution >= 4 is 11.8 Å². The van der Waals surface area contributed by atoms with Crippen molar-refractivity contribution in [3.8, 4) is 0 Å². The van der Waals surface area contributed by atoms with Crippen LogP contribution in [0.1, 0.15) is 142 Å². The molecule has 0 saturated carbocycles. The Kier molecular flexibility index (Phi) is 19.8. The number of unbranched alkanes of at least 4 members (excludes halogenated alkanes) is 17. The third-order valence-corrected chi connectivity index (χ3v) is 6.02. The number of nitrogens with zero attached hydrogens (tertiary/aromatic N) is 1. The van der Waals surface area contributed by atoms with Crippen molar-refractivity contribution in [3.05, 3.63) is 0 Å². The van der Waals surface area contributed by atoms with E-state index in [1.54, 1.807) is 0 Å². The van der Waals surface area contributed by atoms with Crippen LogP contribution in [0.5, 0.6) is 0 Å². The first kappa shape index (κ1) is 30.9. The molecule has 2 amide bonds. The molecule has 0 aromatic rings. The van der Waals surface area contributed by atoms with E-state index in [0.717, 1.165) is 44.9 Å². The molecule has 190 valence electrons. The standard InChI is InChI=1S/C26H48F3NO2/c1-3-5-7-9-11-13-15-17-19-21-23-30(25(32)26(27,28)29)24(31)22-20-18-16-14-12-10-8-6-4-2/h3-23H2,1-2H3. The molecular weight excluding hydrogens is 415 g/mol. The van der Waals surface area contributed by atoms with Gasteiger partial charge in [0.1, 0.15) is 0 Å². The van der Waals surface area contributed by atoms with Gasteiger partial charge < -0.3 is 0 Å². The van der Waals surface area contributed by atoms with Crippen LogP contribution in [0.3, 0.4) is 0 Å². The van der Waals surface area contributed by atoms with E-state index in [2.05, 4.69) is 13.8 Å². The van der Waals surface area contributed by atoms with Gasteiger partial charge in [-0.15, -0.1) is 0 Å². The maximum Gasteiger partial charge on any atom is 0.471 e. The Labute approximate surface area is 194 Å². The van der Waals surface area contributed by atoms with E-state index in [0.29, 0.717) is 17.7 Å². The third kappa shape index (κ3) is 17.5. The quantitative estimate of drug-likeness (QED) is 0.160. The lowest BCUT2D eigenvalue weighted by atomic mass is 10.1. The average molecular weight is 464 g/mol. The highest BCUT2D eigenvalue weighted by Crippen LogP contribution is 2.21. The Morgan fingerprint density at radius 3 is 1.28 bits per heavy atom. The molecule has 0 aromatic carbocycles. The van der Waals surface area contributed by atoms with Gasteiger partial charge in [0.05, 0.1) is 0 Å². The zero-order valence-electron chi connectivity index (χ0n) is 20.7. The molecule has 0 aliphatic heterocycles. The van der Waals surface area contributed by atoms with E-state index in [4.69, 9.17) is 0 Å². The fourth-order valence-electron chi connectivity index (χ4n) is 3.97. The smallest absolute Gasteiger partial charge is 0.275 e. The Balaban J connectivity index is 4.10. The summed E-state index contributed by atoms with van der Waals surface area (Å²) in [6.45, 7) is 4.25. The summed E-state index contributed by atoms with van der Waals surface area (Å²) in [5.41, 5.74) is 0. The maximum absolute atomic E-state index is 12.9. The normalized spacial score (nSPS) is 11.7. The third-order valence-electron chi connectivity index (χ3n) is 6.02. The molecule has 0 unspecified atom stereocenters. The Bertz CT molecular complexity index is 466. The summed E-state index contributed by atoms with van der Waals surface area (Å²) in [7, 11) is 0. The fourth-order valence-corrected chi connectivity index (χ4v) is 3.97. The van der Waals surface area contributed by atoms with Crippen molar-refractivity contribution in [1.29, 1.82) is 0 Å². The first-order chi connectivity index (χ1) is 15.3. The second-order valence-corrected chi connectivity index (χ2v) is 9.11. The SMILES string of the molecule is CCCCCCCCCCCCN(C(=O)CCCCCCCCCCC)C(=O)C(F)(F)F. The number of rotatable bonds is 21. The number of alkyl halides is 3. The van der Waals surface area contributed by atoms with E-state index in [9.17, 15) is 22.8 Å². The second-order valence-electron chi connectivity index (χ2n) is 9.11. The van der Waals surface area contributed by atoms with Crippen LogP contribution in [0.2, 0.25) is 0 Å². The van der Waals surface area contributed by atoms with Crippen LogP contribution in [-0.4, -0.2) is 29.4 Å². The predicted octanol–water partition coefficient (Wildman–Crippen LogP) is 8.75. The molecule has 0 spiro atoms. The van der Waals surface area contributed by atoms with Crippen LogP contribution in [-0.2, 0) is 9.59 Å². The summed E-state index contributed by atoms with van der Waals surface area (Å²) in [6.07, 6.45) is 15.2. The Morgan fingerprint density at radius 1 is 0.562 bits per heavy atom. The summed E-state index contributed by atoms with van der Waals surface area (Å²) in [6, 6.07) is 0. The van der Waals surface area contributed by atoms with Gasteiger partial charge in [-0.1, -0.05) is 123 Å². The number of imide groups is 1. The van der Waals surface area contributed by atoms with Crippen LogP contribution in [0, 0.1) is 0 Å². The average Bonchev–Trinajstić information content (AvgIpc) is 2.75. The molecule has 0 aliphatic rings. The number of halogens is 3. The van der Waals surface area contributed by atoms with Crippen molar-refractivity contribution in [2.75, 3.05) is 6.54 Å². The summed E-state index contributed by atoms with van der Waals surface area (Å²) in [4.78, 5) is 24.5. The second kappa shape index (κ2) is 20.5. The molecule has 0 bridgehead atoms. The number of carbonyl (C=O) groups is 2. The van der Waals surface area contributed by atoms with E-state index < -0.39 is 18.0 Å². The number of carbonyl (C=O) groups excluding carboxylic acids is 2. The van der Waals surface area contributed by atoms with Gasteiger partial charge in [0.15, 0.2) is 0 Å². The van der Waals surface area contributed by atoms with Gasteiger partial charge in [-0.3, -0.25) is 14.5 Å². The fraction of sp³-hybridized carbons (Fsp3) is 0.923. The van der Waals surface area contributed by atoms with Crippen LogP contribution in [0.4, 0.5) is 13.2 Å². The lowest BCUT2D eigenvalue weighted by Crippen LogP contribution is -2.45. The summed E-state index contributed by atoms with van der Waals surface area (Å²) in [5.74, 6) is -2.68. The maximum atomic E-state index is 12.9. The van der Waals surface area contributed by atoms with Gasteiger partial charge in [-0.25, -0.2) is 0 Å². The molecule has 0 fully saturated rings. The molecule has 3 nitrogen and oxygen atoms in total. The molecule has 6 heteroatoms. The number of hydrogen-bond acceptors (Lipinski definition) is 2. The van der Waals surface area contributed by atoms with Crippen LogP contribution in [0.25, 0.3) is 0 Å². The number of hydrogen-bond donors (Lipinski definition) is 0. The van der Waals surface area contributed by atoms with Crippen LogP contribution in [0.15, 0.2) is 0 Å². The minimum atomic E-state index is -4.99. The predicted molar refractivity (Wildman–Crippen MR) is 126 cm³/mol. The van der Waals surface area contributed by atoms with Gasteiger partial charge >= 0.3 is 12.1 Å². The molecule has 0 radical (unpaired) electrons. The van der Waals surface area contributed by atoms with E-state index >= 15 is 0 Å². The zero-order valence-corrected chi connectivity index (χ0v) is 20.7. The highest BCUT2D eigenvalue weighted by Gasteiger charge is 2.44. The zero-order chi connectivity index (χ0) is 24.1. The molecular formula is C26H48F3NO2. The van der Waals surface area contributed by atoms with Crippen molar-refractivity contribution in [2.24, 2.45) is 0 Å².